The van der Waals surface area contributed by atoms with Gasteiger partial charge in [0.25, 0.3) is 0 Å². The van der Waals surface area contributed by atoms with Crippen molar-refractivity contribution in [3.8, 4) is 11.1 Å². The first-order valence-corrected chi connectivity index (χ1v) is 7.63. The van der Waals surface area contributed by atoms with E-state index in [1.165, 1.54) is 32.7 Å². The Balaban J connectivity index is 0.00000144. The molecule has 2 heteroatoms. The van der Waals surface area contributed by atoms with Crippen molar-refractivity contribution in [2.45, 2.75) is 25.7 Å². The first-order valence-electron chi connectivity index (χ1n) is 5.59. The lowest BCUT2D eigenvalue weighted by atomic mass is 10.1. The SMILES string of the molecule is Cc1cc(C)c2ccc([S+](C)C)c-2c(C)c1.[I-]. The average molecular weight is 358 g/mol. The summed E-state index contributed by atoms with van der Waals surface area (Å²) in [6.45, 7) is 6.61. The number of hydrogen-bond donors (Lipinski definition) is 0. The molecule has 0 nitrogen and oxygen atoms in total. The van der Waals surface area contributed by atoms with E-state index >= 15 is 0 Å². The zero-order chi connectivity index (χ0) is 11.9. The molecule has 92 valence electrons. The molecule has 0 fully saturated rings. The van der Waals surface area contributed by atoms with Gasteiger partial charge in [-0.05, 0) is 49.6 Å². The van der Waals surface area contributed by atoms with Crippen LogP contribution in [-0.4, -0.2) is 12.5 Å². The van der Waals surface area contributed by atoms with E-state index in [1.54, 1.807) is 0 Å². The highest BCUT2D eigenvalue weighted by molar-refractivity contribution is 7.95. The van der Waals surface area contributed by atoms with Crippen LogP contribution >= 0.6 is 0 Å². The minimum Gasteiger partial charge on any atom is -1.00 e. The Labute approximate surface area is 125 Å². The van der Waals surface area contributed by atoms with Crippen molar-refractivity contribution >= 4 is 10.9 Å². The van der Waals surface area contributed by atoms with Gasteiger partial charge in [0.05, 0.1) is 0 Å². The summed E-state index contributed by atoms with van der Waals surface area (Å²) >= 11 is 0. The van der Waals surface area contributed by atoms with E-state index in [4.69, 9.17) is 0 Å². The van der Waals surface area contributed by atoms with Crippen LogP contribution in [-0.2, 0) is 10.9 Å². The summed E-state index contributed by atoms with van der Waals surface area (Å²) in [6, 6.07) is 9.15. The van der Waals surface area contributed by atoms with E-state index in [9.17, 15) is 0 Å². The lowest BCUT2D eigenvalue weighted by molar-refractivity contribution is -0.00000356. The Hall–Kier alpha value is -0.220. The van der Waals surface area contributed by atoms with Gasteiger partial charge in [-0.3, -0.25) is 0 Å². The van der Waals surface area contributed by atoms with Crippen molar-refractivity contribution in [2.24, 2.45) is 0 Å². The molecule has 2 aliphatic carbocycles. The van der Waals surface area contributed by atoms with E-state index in [-0.39, 0.29) is 24.0 Å². The van der Waals surface area contributed by atoms with Gasteiger partial charge in [-0.1, -0.05) is 17.7 Å². The first kappa shape index (κ1) is 14.8. The minimum absolute atomic E-state index is 0. The van der Waals surface area contributed by atoms with Crippen molar-refractivity contribution < 1.29 is 24.0 Å². The number of halogens is 1. The molecule has 0 aromatic heterocycles. The summed E-state index contributed by atoms with van der Waals surface area (Å²) in [4.78, 5) is 1.51. The number of hydrogen-bond acceptors (Lipinski definition) is 0. The third-order valence-corrected chi connectivity index (χ3v) is 4.28. The number of fused-ring (bicyclic) bond motifs is 1. The lowest BCUT2D eigenvalue weighted by Crippen LogP contribution is -3.00. The normalized spacial score (nSPS) is 10.7. The van der Waals surface area contributed by atoms with Gasteiger partial charge < -0.3 is 24.0 Å². The first-order chi connectivity index (χ1) is 7.50. The predicted octanol–water partition coefficient (Wildman–Crippen LogP) is 0.957. The fraction of sp³-hybridized carbons (Fsp3) is 0.333. The molecule has 0 atom stereocenters. The molecule has 0 spiro atoms. The molecule has 0 bridgehead atoms. The molecular weight excluding hydrogens is 339 g/mol. The molecule has 0 saturated carbocycles. The monoisotopic (exact) mass is 358 g/mol. The molecule has 0 N–H and O–H groups in total. The summed E-state index contributed by atoms with van der Waals surface area (Å²) in [6.07, 6.45) is 4.59. The molecule has 0 amide bonds. The molecule has 0 heterocycles. The molecule has 0 unspecified atom stereocenters. The van der Waals surface area contributed by atoms with Crippen molar-refractivity contribution in [2.75, 3.05) is 12.5 Å². The maximum atomic E-state index is 2.30. The minimum atomic E-state index is 0. The van der Waals surface area contributed by atoms with Crippen LogP contribution in [0.1, 0.15) is 16.7 Å². The van der Waals surface area contributed by atoms with Crippen LogP contribution in [0.2, 0.25) is 0 Å². The van der Waals surface area contributed by atoms with Gasteiger partial charge in [-0.2, -0.15) is 0 Å². The summed E-state index contributed by atoms with van der Waals surface area (Å²) in [5, 5.41) is 0. The fourth-order valence-electron chi connectivity index (χ4n) is 2.41. The summed E-state index contributed by atoms with van der Waals surface area (Å²) in [5.74, 6) is 0. The summed E-state index contributed by atoms with van der Waals surface area (Å²) in [7, 11) is 0.331. The van der Waals surface area contributed by atoms with Gasteiger partial charge in [0.2, 0.25) is 0 Å². The Morgan fingerprint density at radius 2 is 1.47 bits per heavy atom. The van der Waals surface area contributed by atoms with Gasteiger partial charge >= 0.3 is 0 Å². The highest BCUT2D eigenvalue weighted by Gasteiger charge is 2.21. The third-order valence-electron chi connectivity index (χ3n) is 3.06. The second-order valence-electron chi connectivity index (χ2n) is 4.70. The Bertz CT molecular complexity index is 503. The number of rotatable bonds is 1. The second kappa shape index (κ2) is 5.61. The van der Waals surface area contributed by atoms with Gasteiger partial charge in [0.1, 0.15) is 12.5 Å². The fourth-order valence-corrected chi connectivity index (χ4v) is 3.43. The van der Waals surface area contributed by atoms with Gasteiger partial charge in [-0.25, -0.2) is 0 Å². The Kier molecular flexibility index (Phi) is 4.90. The van der Waals surface area contributed by atoms with Crippen molar-refractivity contribution in [3.05, 3.63) is 41.0 Å². The van der Waals surface area contributed by atoms with Crippen LogP contribution in [0.4, 0.5) is 0 Å². The van der Waals surface area contributed by atoms with Crippen molar-refractivity contribution in [1.82, 2.24) is 0 Å². The largest absolute Gasteiger partial charge is 1.00 e. The van der Waals surface area contributed by atoms with Gasteiger partial charge in [-0.15, -0.1) is 0 Å². The molecule has 2 rings (SSSR count). The highest BCUT2D eigenvalue weighted by atomic mass is 127. The van der Waals surface area contributed by atoms with Crippen LogP contribution < -0.4 is 24.0 Å². The van der Waals surface area contributed by atoms with Crippen molar-refractivity contribution in [1.29, 1.82) is 0 Å². The molecule has 0 aromatic rings. The quantitative estimate of drug-likeness (QED) is 0.526. The zero-order valence-electron chi connectivity index (χ0n) is 11.1. The smallest absolute Gasteiger partial charge is 0.162 e. The molecule has 0 aliphatic heterocycles. The molecule has 17 heavy (non-hydrogen) atoms. The van der Waals surface area contributed by atoms with E-state index < -0.39 is 0 Å². The van der Waals surface area contributed by atoms with E-state index in [1.807, 2.05) is 0 Å². The van der Waals surface area contributed by atoms with E-state index in [0.717, 1.165) is 0 Å². The van der Waals surface area contributed by atoms with Gasteiger partial charge in [0.15, 0.2) is 4.90 Å². The number of aryl methyl sites for hydroxylation is 3. The third kappa shape index (κ3) is 2.79. The second-order valence-corrected chi connectivity index (χ2v) is 6.77. The topological polar surface area (TPSA) is 0 Å². The van der Waals surface area contributed by atoms with Crippen LogP contribution in [0.25, 0.3) is 11.1 Å². The van der Waals surface area contributed by atoms with Crippen LogP contribution in [0.5, 0.6) is 0 Å². The maximum Gasteiger partial charge on any atom is 0.162 e. The van der Waals surface area contributed by atoms with Crippen LogP contribution in [0.3, 0.4) is 0 Å². The van der Waals surface area contributed by atoms with E-state index in [0.29, 0.717) is 10.9 Å². The molecule has 0 radical (unpaired) electrons. The molecular formula is C15H19IS. The van der Waals surface area contributed by atoms with Gasteiger partial charge in [0, 0.05) is 16.5 Å². The van der Waals surface area contributed by atoms with Crippen LogP contribution in [0, 0.1) is 20.8 Å². The van der Waals surface area contributed by atoms with Crippen LogP contribution in [0.15, 0.2) is 29.2 Å². The average Bonchev–Trinajstić information content (AvgIpc) is 2.56. The van der Waals surface area contributed by atoms with Crippen molar-refractivity contribution in [3.63, 3.8) is 0 Å². The molecule has 0 aromatic carbocycles. The highest BCUT2D eigenvalue weighted by Crippen LogP contribution is 2.36. The zero-order valence-corrected chi connectivity index (χ0v) is 14.1. The van der Waals surface area contributed by atoms with E-state index in [2.05, 4.69) is 57.5 Å². The standard InChI is InChI=1S/C15H19S.HI/c1-10-8-11(2)13-6-7-14(16(4)5)15(13)12(3)9-10;/h6-9H,1-5H3;1H/q+1;/p-1. The Morgan fingerprint density at radius 1 is 0.882 bits per heavy atom. The molecule has 0 saturated heterocycles. The Morgan fingerprint density at radius 3 is 2.06 bits per heavy atom. The molecule has 2 aliphatic rings. The predicted molar refractivity (Wildman–Crippen MR) is 74.8 cm³/mol. The summed E-state index contributed by atoms with van der Waals surface area (Å²) < 4.78 is 0. The lowest BCUT2D eigenvalue weighted by Gasteiger charge is -2.02. The maximum absolute atomic E-state index is 2.30. The summed E-state index contributed by atoms with van der Waals surface area (Å²) in [5.41, 5.74) is 7.03.